The van der Waals surface area contributed by atoms with Crippen molar-refractivity contribution >= 4 is 21.6 Å². The third-order valence-electron chi connectivity index (χ3n) is 2.73. The summed E-state index contributed by atoms with van der Waals surface area (Å²) in [7, 11) is -3.89. The minimum absolute atomic E-state index is 0.129. The number of anilines is 1. The van der Waals surface area contributed by atoms with Gasteiger partial charge in [-0.25, -0.2) is 13.6 Å². The summed E-state index contributed by atoms with van der Waals surface area (Å²) in [6.45, 7) is 3.52. The Bertz CT molecular complexity index is 567. The van der Waals surface area contributed by atoms with E-state index in [0.29, 0.717) is 6.42 Å². The van der Waals surface area contributed by atoms with E-state index in [-0.39, 0.29) is 10.6 Å². The van der Waals surface area contributed by atoms with Crippen molar-refractivity contribution in [2.45, 2.75) is 37.1 Å². The van der Waals surface area contributed by atoms with Crippen LogP contribution >= 0.6 is 0 Å². The quantitative estimate of drug-likeness (QED) is 0.741. The molecule has 1 aromatic rings. The van der Waals surface area contributed by atoms with Crippen LogP contribution < -0.4 is 16.2 Å². The number of hydrogen-bond donors (Lipinski definition) is 3. The third kappa shape index (κ3) is 4.02. The molecule has 0 aliphatic heterocycles. The first-order chi connectivity index (χ1) is 8.68. The van der Waals surface area contributed by atoms with Gasteiger partial charge in [-0.1, -0.05) is 25.5 Å². The van der Waals surface area contributed by atoms with Crippen LogP contribution in [0.2, 0.25) is 0 Å². The maximum absolute atomic E-state index is 12.0. The number of nitrogens with one attached hydrogen (secondary N) is 1. The molecule has 0 aliphatic rings. The van der Waals surface area contributed by atoms with Gasteiger partial charge < -0.3 is 11.1 Å². The van der Waals surface area contributed by atoms with E-state index in [1.54, 1.807) is 13.0 Å². The average molecular weight is 285 g/mol. The SMILES string of the molecule is CCCC(C)(N)C(=O)Nc1ccccc1S(N)(=O)=O. The second-order valence-corrected chi connectivity index (χ2v) is 6.19. The summed E-state index contributed by atoms with van der Waals surface area (Å²) in [5, 5.41) is 7.61. The van der Waals surface area contributed by atoms with Crippen LogP contribution in [0.3, 0.4) is 0 Å². The molecule has 5 N–H and O–H groups in total. The summed E-state index contributed by atoms with van der Waals surface area (Å²) < 4.78 is 22.8. The van der Waals surface area contributed by atoms with Crippen molar-refractivity contribution in [3.8, 4) is 0 Å². The minimum atomic E-state index is -3.89. The Morgan fingerprint density at radius 2 is 1.95 bits per heavy atom. The highest BCUT2D eigenvalue weighted by Crippen LogP contribution is 2.21. The van der Waals surface area contributed by atoms with Crippen LogP contribution in [0.15, 0.2) is 29.2 Å². The van der Waals surface area contributed by atoms with E-state index in [2.05, 4.69) is 5.32 Å². The van der Waals surface area contributed by atoms with Gasteiger partial charge in [0.25, 0.3) is 0 Å². The molecule has 19 heavy (non-hydrogen) atoms. The molecule has 1 atom stereocenters. The van der Waals surface area contributed by atoms with Gasteiger partial charge in [-0.2, -0.15) is 0 Å². The fourth-order valence-corrected chi connectivity index (χ4v) is 2.41. The fraction of sp³-hybridized carbons (Fsp3) is 0.417. The fourth-order valence-electron chi connectivity index (χ4n) is 1.72. The summed E-state index contributed by atoms with van der Waals surface area (Å²) in [6.07, 6.45) is 1.24. The van der Waals surface area contributed by atoms with Crippen LogP contribution in [-0.4, -0.2) is 19.9 Å². The van der Waals surface area contributed by atoms with Gasteiger partial charge in [-0.3, -0.25) is 4.79 Å². The number of nitrogens with two attached hydrogens (primary N) is 2. The number of sulfonamides is 1. The number of rotatable bonds is 5. The Morgan fingerprint density at radius 3 is 2.47 bits per heavy atom. The molecule has 0 heterocycles. The predicted molar refractivity (Wildman–Crippen MR) is 73.9 cm³/mol. The van der Waals surface area contributed by atoms with Crippen LogP contribution in [0.5, 0.6) is 0 Å². The summed E-state index contributed by atoms with van der Waals surface area (Å²) in [5.74, 6) is -0.439. The maximum atomic E-state index is 12.0. The summed E-state index contributed by atoms with van der Waals surface area (Å²) in [4.78, 5) is 11.9. The second kappa shape index (κ2) is 5.68. The summed E-state index contributed by atoms with van der Waals surface area (Å²) in [6, 6.07) is 5.94. The van der Waals surface area contributed by atoms with Crippen LogP contribution in [0.4, 0.5) is 5.69 Å². The molecule has 0 aromatic heterocycles. The van der Waals surface area contributed by atoms with Gasteiger partial charge in [-0.05, 0) is 25.5 Å². The Kier molecular flexibility index (Phi) is 4.67. The van der Waals surface area contributed by atoms with Crippen molar-refractivity contribution in [3.05, 3.63) is 24.3 Å². The molecule has 1 amide bonds. The van der Waals surface area contributed by atoms with Crippen LogP contribution in [0.1, 0.15) is 26.7 Å². The van der Waals surface area contributed by atoms with E-state index in [4.69, 9.17) is 10.9 Å². The molecular weight excluding hydrogens is 266 g/mol. The van der Waals surface area contributed by atoms with Gasteiger partial charge in [0.15, 0.2) is 0 Å². The van der Waals surface area contributed by atoms with E-state index in [0.717, 1.165) is 6.42 Å². The standard InChI is InChI=1S/C12H19N3O3S/c1-3-8-12(2,13)11(16)15-9-6-4-5-7-10(9)19(14,17)18/h4-7H,3,8,13H2,1-2H3,(H,15,16)(H2,14,17,18). The first-order valence-electron chi connectivity index (χ1n) is 5.90. The van der Waals surface area contributed by atoms with Crippen molar-refractivity contribution in [3.63, 3.8) is 0 Å². The molecule has 0 bridgehead atoms. The topological polar surface area (TPSA) is 115 Å². The highest BCUT2D eigenvalue weighted by Gasteiger charge is 2.28. The number of amides is 1. The largest absolute Gasteiger partial charge is 0.323 e. The van der Waals surface area contributed by atoms with Crippen molar-refractivity contribution in [1.29, 1.82) is 0 Å². The zero-order valence-corrected chi connectivity index (χ0v) is 11.8. The highest BCUT2D eigenvalue weighted by atomic mass is 32.2. The average Bonchev–Trinajstić information content (AvgIpc) is 2.28. The van der Waals surface area contributed by atoms with E-state index in [1.807, 2.05) is 6.92 Å². The lowest BCUT2D eigenvalue weighted by atomic mass is 9.96. The van der Waals surface area contributed by atoms with Gasteiger partial charge in [0, 0.05) is 0 Å². The first kappa shape index (κ1) is 15.6. The number of benzene rings is 1. The van der Waals surface area contributed by atoms with Crippen molar-refractivity contribution in [1.82, 2.24) is 0 Å². The highest BCUT2D eigenvalue weighted by molar-refractivity contribution is 7.89. The molecule has 0 aliphatic carbocycles. The number of hydrogen-bond acceptors (Lipinski definition) is 4. The smallest absolute Gasteiger partial charge is 0.244 e. The van der Waals surface area contributed by atoms with E-state index < -0.39 is 21.5 Å². The second-order valence-electron chi connectivity index (χ2n) is 4.66. The Hall–Kier alpha value is -1.44. The Labute approximate surface area is 113 Å². The van der Waals surface area contributed by atoms with Gasteiger partial charge in [0.2, 0.25) is 15.9 Å². The molecule has 1 aromatic carbocycles. The Morgan fingerprint density at radius 1 is 1.37 bits per heavy atom. The van der Waals surface area contributed by atoms with Crippen LogP contribution in [0, 0.1) is 0 Å². The number of carbonyl (C=O) groups is 1. The molecule has 0 fully saturated rings. The van der Waals surface area contributed by atoms with E-state index >= 15 is 0 Å². The van der Waals surface area contributed by atoms with Crippen molar-refractivity contribution < 1.29 is 13.2 Å². The van der Waals surface area contributed by atoms with E-state index in [9.17, 15) is 13.2 Å². The normalized spacial score (nSPS) is 14.7. The lowest BCUT2D eigenvalue weighted by Gasteiger charge is -2.23. The maximum Gasteiger partial charge on any atom is 0.244 e. The molecule has 106 valence electrons. The molecule has 0 saturated carbocycles. The van der Waals surface area contributed by atoms with Gasteiger partial charge >= 0.3 is 0 Å². The lowest BCUT2D eigenvalue weighted by Crippen LogP contribution is -2.48. The Balaban J connectivity index is 3.05. The number of primary sulfonamides is 1. The molecule has 1 unspecified atom stereocenters. The van der Waals surface area contributed by atoms with Crippen LogP contribution in [-0.2, 0) is 14.8 Å². The van der Waals surface area contributed by atoms with Gasteiger partial charge in [0.05, 0.1) is 11.2 Å². The molecule has 7 heteroatoms. The molecule has 0 saturated heterocycles. The molecule has 0 radical (unpaired) electrons. The number of carbonyl (C=O) groups excluding carboxylic acids is 1. The lowest BCUT2D eigenvalue weighted by molar-refractivity contribution is -0.120. The van der Waals surface area contributed by atoms with Crippen molar-refractivity contribution in [2.24, 2.45) is 10.9 Å². The first-order valence-corrected chi connectivity index (χ1v) is 7.45. The monoisotopic (exact) mass is 285 g/mol. The zero-order valence-electron chi connectivity index (χ0n) is 11.0. The number of para-hydroxylation sites is 1. The molecule has 6 nitrogen and oxygen atoms in total. The van der Waals surface area contributed by atoms with Gasteiger partial charge in [0.1, 0.15) is 4.90 Å². The van der Waals surface area contributed by atoms with E-state index in [1.165, 1.54) is 18.2 Å². The molecule has 0 spiro atoms. The predicted octanol–water partition coefficient (Wildman–Crippen LogP) is 0.790. The minimum Gasteiger partial charge on any atom is -0.323 e. The summed E-state index contributed by atoms with van der Waals surface area (Å²) >= 11 is 0. The molecule has 1 rings (SSSR count). The third-order valence-corrected chi connectivity index (χ3v) is 3.70. The zero-order chi connectivity index (χ0) is 14.7. The molecular formula is C12H19N3O3S. The summed E-state index contributed by atoms with van der Waals surface area (Å²) in [5.41, 5.74) is 4.97. The van der Waals surface area contributed by atoms with Crippen molar-refractivity contribution in [2.75, 3.05) is 5.32 Å². The van der Waals surface area contributed by atoms with Gasteiger partial charge in [-0.15, -0.1) is 0 Å². The van der Waals surface area contributed by atoms with Crippen LogP contribution in [0.25, 0.3) is 0 Å².